The van der Waals surface area contributed by atoms with Gasteiger partial charge < -0.3 is 0 Å². The second-order valence-corrected chi connectivity index (χ2v) is 7.97. The van der Waals surface area contributed by atoms with Crippen LogP contribution in [0.25, 0.3) is 33.6 Å². The van der Waals surface area contributed by atoms with Gasteiger partial charge in [-0.25, -0.2) is 0 Å². The highest BCUT2D eigenvalue weighted by molar-refractivity contribution is 9.10. The van der Waals surface area contributed by atoms with Crippen molar-refractivity contribution >= 4 is 27.5 Å². The molecule has 0 N–H and O–H groups in total. The van der Waals surface area contributed by atoms with Crippen LogP contribution in [0.3, 0.4) is 0 Å². The van der Waals surface area contributed by atoms with E-state index in [0.717, 1.165) is 43.7 Å². The summed E-state index contributed by atoms with van der Waals surface area (Å²) in [6, 6.07) is 21.6. The molecule has 137 valence electrons. The van der Waals surface area contributed by atoms with Gasteiger partial charge in [0, 0.05) is 33.6 Å². The van der Waals surface area contributed by atoms with Crippen LogP contribution in [0.4, 0.5) is 0 Å². The number of aromatic nitrogens is 2. The molecule has 0 aliphatic heterocycles. The van der Waals surface area contributed by atoms with Gasteiger partial charge in [-0.15, -0.1) is 0 Å². The van der Waals surface area contributed by atoms with Crippen LogP contribution in [0.15, 0.2) is 71.5 Å². The molecule has 0 saturated carbocycles. The quantitative estimate of drug-likeness (QED) is 0.328. The first kappa shape index (κ1) is 18.9. The molecule has 28 heavy (non-hydrogen) atoms. The van der Waals surface area contributed by atoms with Gasteiger partial charge in [0.1, 0.15) is 0 Å². The van der Waals surface area contributed by atoms with Gasteiger partial charge in [-0.2, -0.15) is 0 Å². The minimum Gasteiger partial charge on any atom is -0.255 e. The molecule has 0 bridgehead atoms. The Bertz CT molecular complexity index is 1140. The standard InChI is InChI=1S/C24H17BrClN2/c1-15-5-3-4-6-19(15)24-20(21-12-9-18(26)14-28-21)10-7-16(2)23(24)22-11-8-17(25)13-27-22/h3-6,8-14H,1-2H3. The number of pyridine rings is 2. The fourth-order valence-corrected chi connectivity index (χ4v) is 3.71. The summed E-state index contributed by atoms with van der Waals surface area (Å²) in [6.07, 6.45) is 3.50. The lowest BCUT2D eigenvalue weighted by molar-refractivity contribution is 1.28. The number of halogens is 2. The number of benzene rings is 2. The van der Waals surface area contributed by atoms with Crippen molar-refractivity contribution in [3.05, 3.63) is 93.7 Å². The zero-order valence-corrected chi connectivity index (χ0v) is 17.8. The summed E-state index contributed by atoms with van der Waals surface area (Å²) in [7, 11) is 0. The van der Waals surface area contributed by atoms with Crippen molar-refractivity contribution in [3.63, 3.8) is 0 Å². The minimum absolute atomic E-state index is 0.618. The van der Waals surface area contributed by atoms with Crippen LogP contribution in [0.5, 0.6) is 0 Å². The monoisotopic (exact) mass is 447 g/mol. The van der Waals surface area contributed by atoms with Crippen LogP contribution in [0, 0.1) is 19.9 Å². The highest BCUT2D eigenvalue weighted by Gasteiger charge is 2.19. The molecule has 2 aromatic carbocycles. The zero-order valence-electron chi connectivity index (χ0n) is 15.5. The van der Waals surface area contributed by atoms with Gasteiger partial charge in [-0.3, -0.25) is 9.97 Å². The van der Waals surface area contributed by atoms with Crippen molar-refractivity contribution in [1.29, 1.82) is 0 Å². The van der Waals surface area contributed by atoms with Gasteiger partial charge in [0.25, 0.3) is 0 Å². The van der Waals surface area contributed by atoms with Crippen LogP contribution in [-0.2, 0) is 0 Å². The van der Waals surface area contributed by atoms with E-state index in [1.807, 2.05) is 36.5 Å². The van der Waals surface area contributed by atoms with Crippen LogP contribution in [0.1, 0.15) is 11.1 Å². The molecule has 4 heteroatoms. The van der Waals surface area contributed by atoms with E-state index in [4.69, 9.17) is 11.6 Å². The topological polar surface area (TPSA) is 25.8 Å². The van der Waals surface area contributed by atoms with E-state index in [2.05, 4.69) is 70.1 Å². The van der Waals surface area contributed by atoms with Gasteiger partial charge in [-0.1, -0.05) is 35.9 Å². The van der Waals surface area contributed by atoms with Crippen LogP contribution < -0.4 is 0 Å². The van der Waals surface area contributed by atoms with Crippen molar-refractivity contribution in [2.24, 2.45) is 0 Å². The summed E-state index contributed by atoms with van der Waals surface area (Å²) in [5.74, 6) is 0. The van der Waals surface area contributed by atoms with E-state index in [1.54, 1.807) is 6.20 Å². The van der Waals surface area contributed by atoms with Gasteiger partial charge in [-0.05, 0) is 82.9 Å². The van der Waals surface area contributed by atoms with Crippen molar-refractivity contribution in [3.8, 4) is 33.6 Å². The lowest BCUT2D eigenvalue weighted by Gasteiger charge is -2.19. The Morgan fingerprint density at radius 1 is 0.821 bits per heavy atom. The smallest absolute Gasteiger partial charge is 0.0712 e. The van der Waals surface area contributed by atoms with Crippen LogP contribution in [0.2, 0.25) is 5.02 Å². The fraction of sp³-hybridized carbons (Fsp3) is 0.0833. The summed E-state index contributed by atoms with van der Waals surface area (Å²) in [6.45, 7) is 4.19. The van der Waals surface area contributed by atoms with E-state index >= 15 is 0 Å². The summed E-state index contributed by atoms with van der Waals surface area (Å²) in [4.78, 5) is 9.23. The fourth-order valence-electron chi connectivity index (χ4n) is 3.36. The van der Waals surface area contributed by atoms with Crippen molar-refractivity contribution < 1.29 is 0 Å². The molecule has 0 spiro atoms. The largest absolute Gasteiger partial charge is 0.255 e. The normalized spacial score (nSPS) is 10.9. The minimum atomic E-state index is 0.618. The van der Waals surface area contributed by atoms with Crippen LogP contribution >= 0.6 is 27.5 Å². The van der Waals surface area contributed by atoms with E-state index < -0.39 is 0 Å². The number of hydrogen-bond acceptors (Lipinski definition) is 2. The maximum absolute atomic E-state index is 6.06. The molecule has 4 rings (SSSR count). The van der Waals surface area contributed by atoms with Crippen molar-refractivity contribution in [1.82, 2.24) is 9.97 Å². The molecule has 2 nitrogen and oxygen atoms in total. The molecule has 0 saturated heterocycles. The van der Waals surface area contributed by atoms with Gasteiger partial charge in [0.2, 0.25) is 0 Å². The second-order valence-electron chi connectivity index (χ2n) is 6.62. The molecule has 0 atom stereocenters. The molecule has 1 radical (unpaired) electrons. The molecular weight excluding hydrogens is 432 g/mol. The summed E-state index contributed by atoms with van der Waals surface area (Å²) in [5, 5.41) is 0.618. The first-order valence-electron chi connectivity index (χ1n) is 8.89. The Hall–Kier alpha value is -2.49. The molecule has 0 unspecified atom stereocenters. The Morgan fingerprint density at radius 2 is 1.57 bits per heavy atom. The summed E-state index contributed by atoms with van der Waals surface area (Å²) < 4.78 is 0.950. The lowest BCUT2D eigenvalue weighted by Crippen LogP contribution is -1.97. The van der Waals surface area contributed by atoms with Crippen molar-refractivity contribution in [2.75, 3.05) is 0 Å². The SMILES string of the molecule is Cc1[c]cc(-c2ccc(Cl)cn2)c(-c2ccccc2C)c1-c1ccc(Br)cn1. The predicted molar refractivity (Wildman–Crippen MR) is 119 cm³/mol. The lowest BCUT2D eigenvalue weighted by atomic mass is 9.86. The average Bonchev–Trinajstić information content (AvgIpc) is 2.70. The first-order chi connectivity index (χ1) is 13.5. The molecule has 2 heterocycles. The molecule has 4 aromatic rings. The maximum Gasteiger partial charge on any atom is 0.0712 e. The molecule has 2 aromatic heterocycles. The molecule has 0 aliphatic rings. The number of nitrogens with zero attached hydrogens (tertiary/aromatic N) is 2. The highest BCUT2D eigenvalue weighted by Crippen LogP contribution is 2.42. The maximum atomic E-state index is 6.06. The second kappa shape index (κ2) is 7.86. The van der Waals surface area contributed by atoms with Gasteiger partial charge in [0.15, 0.2) is 0 Å². The Labute approximate surface area is 178 Å². The number of hydrogen-bond donors (Lipinski definition) is 0. The third-order valence-corrected chi connectivity index (χ3v) is 5.42. The molecule has 0 fully saturated rings. The average molecular weight is 449 g/mol. The molecular formula is C24H17BrClN2. The number of rotatable bonds is 3. The van der Waals surface area contributed by atoms with Gasteiger partial charge in [0.05, 0.1) is 16.4 Å². The van der Waals surface area contributed by atoms with Crippen molar-refractivity contribution in [2.45, 2.75) is 13.8 Å². The molecule has 0 aliphatic carbocycles. The third kappa shape index (κ3) is 3.60. The summed E-state index contributed by atoms with van der Waals surface area (Å²) >= 11 is 9.54. The third-order valence-electron chi connectivity index (χ3n) is 4.73. The summed E-state index contributed by atoms with van der Waals surface area (Å²) in [5.41, 5.74) is 8.35. The number of aryl methyl sites for hydroxylation is 2. The van der Waals surface area contributed by atoms with Gasteiger partial charge >= 0.3 is 0 Å². The van der Waals surface area contributed by atoms with Crippen LogP contribution in [-0.4, -0.2) is 9.97 Å². The predicted octanol–water partition coefficient (Wildman–Crippen LogP) is 7.31. The zero-order chi connectivity index (χ0) is 19.7. The Balaban J connectivity index is 2.08. The highest BCUT2D eigenvalue weighted by atomic mass is 79.9. The first-order valence-corrected chi connectivity index (χ1v) is 10.1. The molecule has 0 amide bonds. The van der Waals surface area contributed by atoms with E-state index in [1.165, 1.54) is 5.56 Å². The van der Waals surface area contributed by atoms with E-state index in [0.29, 0.717) is 5.02 Å². The Morgan fingerprint density at radius 3 is 2.25 bits per heavy atom. The Kier molecular flexibility index (Phi) is 5.29. The van der Waals surface area contributed by atoms with E-state index in [-0.39, 0.29) is 0 Å². The van der Waals surface area contributed by atoms with E-state index in [9.17, 15) is 0 Å².